The number of aromatic amines is 1. The standard InChI is InChI=1S/C17H17N3O6/c1-9-5-10(2)19-17(22)12(9)8-18-16(21)11-6-14-15(26-4-3-25-14)7-13(11)20(23)24/h5-7H,3-4,8H2,1-2H3,(H,18,21)(H,19,22). The number of ether oxygens (including phenoxy) is 2. The van der Waals surface area contributed by atoms with Crippen LogP contribution in [0.3, 0.4) is 0 Å². The number of benzene rings is 1. The first-order chi connectivity index (χ1) is 12.4. The Morgan fingerprint density at radius 3 is 2.50 bits per heavy atom. The van der Waals surface area contributed by atoms with Gasteiger partial charge in [0.2, 0.25) is 0 Å². The minimum atomic E-state index is -0.673. The first kappa shape index (κ1) is 17.5. The fourth-order valence-corrected chi connectivity index (χ4v) is 2.78. The Hall–Kier alpha value is -3.36. The molecule has 2 N–H and O–H groups in total. The second-order valence-electron chi connectivity index (χ2n) is 5.90. The van der Waals surface area contributed by atoms with Gasteiger partial charge >= 0.3 is 0 Å². The van der Waals surface area contributed by atoms with Crippen molar-refractivity contribution < 1.29 is 19.2 Å². The molecule has 0 bridgehead atoms. The van der Waals surface area contributed by atoms with E-state index >= 15 is 0 Å². The van der Waals surface area contributed by atoms with Gasteiger partial charge in [-0.15, -0.1) is 0 Å². The highest BCUT2D eigenvalue weighted by Crippen LogP contribution is 2.36. The lowest BCUT2D eigenvalue weighted by molar-refractivity contribution is -0.385. The van der Waals surface area contributed by atoms with E-state index in [1.807, 2.05) is 0 Å². The number of aryl methyl sites for hydroxylation is 2. The number of nitro benzene ring substituents is 1. The van der Waals surface area contributed by atoms with E-state index in [-0.39, 0.29) is 41.5 Å². The van der Waals surface area contributed by atoms with Crippen LogP contribution in [0.4, 0.5) is 5.69 Å². The number of aromatic nitrogens is 1. The Morgan fingerprint density at radius 2 is 1.88 bits per heavy atom. The molecule has 2 heterocycles. The van der Waals surface area contributed by atoms with Gasteiger partial charge in [0.05, 0.1) is 11.0 Å². The summed E-state index contributed by atoms with van der Waals surface area (Å²) in [5.74, 6) is -0.172. The molecule has 0 spiro atoms. The van der Waals surface area contributed by atoms with Crippen LogP contribution in [0.15, 0.2) is 23.0 Å². The van der Waals surface area contributed by atoms with E-state index in [0.29, 0.717) is 17.9 Å². The lowest BCUT2D eigenvalue weighted by Crippen LogP contribution is -2.28. The maximum atomic E-state index is 12.5. The molecule has 0 saturated carbocycles. The molecule has 0 aliphatic carbocycles. The third-order valence-corrected chi connectivity index (χ3v) is 4.02. The number of nitro groups is 1. The first-order valence-electron chi connectivity index (χ1n) is 7.92. The van der Waals surface area contributed by atoms with Gasteiger partial charge in [-0.2, -0.15) is 0 Å². The number of H-pyrrole nitrogens is 1. The van der Waals surface area contributed by atoms with Gasteiger partial charge in [-0.05, 0) is 25.5 Å². The molecule has 0 fully saturated rings. The summed E-state index contributed by atoms with van der Waals surface area (Å²) in [6, 6.07) is 4.25. The number of hydrogen-bond acceptors (Lipinski definition) is 6. The van der Waals surface area contributed by atoms with Crippen LogP contribution in [-0.4, -0.2) is 29.0 Å². The van der Waals surface area contributed by atoms with Crippen LogP contribution in [0.2, 0.25) is 0 Å². The predicted molar refractivity (Wildman–Crippen MR) is 91.8 cm³/mol. The fourth-order valence-electron chi connectivity index (χ4n) is 2.78. The molecule has 26 heavy (non-hydrogen) atoms. The number of amides is 1. The van der Waals surface area contributed by atoms with E-state index in [0.717, 1.165) is 5.56 Å². The maximum Gasteiger partial charge on any atom is 0.286 e. The molecule has 1 aromatic carbocycles. The van der Waals surface area contributed by atoms with E-state index in [9.17, 15) is 19.7 Å². The molecule has 9 heteroatoms. The molecule has 0 unspecified atom stereocenters. The molecule has 1 aliphatic rings. The lowest BCUT2D eigenvalue weighted by Gasteiger charge is -2.19. The number of fused-ring (bicyclic) bond motifs is 1. The van der Waals surface area contributed by atoms with Crippen LogP contribution in [0, 0.1) is 24.0 Å². The van der Waals surface area contributed by atoms with Crippen molar-refractivity contribution in [2.24, 2.45) is 0 Å². The third kappa shape index (κ3) is 3.37. The van der Waals surface area contributed by atoms with Crippen LogP contribution < -0.4 is 20.3 Å². The van der Waals surface area contributed by atoms with E-state index in [4.69, 9.17) is 9.47 Å². The SMILES string of the molecule is Cc1cc(C)c(CNC(=O)c2cc3c(cc2[N+](=O)[O-])OCCO3)c(=O)[nH]1. The highest BCUT2D eigenvalue weighted by molar-refractivity contribution is 5.99. The summed E-state index contributed by atoms with van der Waals surface area (Å²) in [6.45, 7) is 4.05. The summed E-state index contributed by atoms with van der Waals surface area (Å²) in [6.07, 6.45) is 0. The van der Waals surface area contributed by atoms with E-state index < -0.39 is 10.8 Å². The number of hydrogen-bond donors (Lipinski definition) is 2. The van der Waals surface area contributed by atoms with Crippen molar-refractivity contribution in [2.45, 2.75) is 20.4 Å². The summed E-state index contributed by atoms with van der Waals surface area (Å²) in [5.41, 5.74) is 0.985. The quantitative estimate of drug-likeness (QED) is 0.631. The fraction of sp³-hybridized carbons (Fsp3) is 0.294. The summed E-state index contributed by atoms with van der Waals surface area (Å²) < 4.78 is 10.7. The Bertz CT molecular complexity index is 950. The Balaban J connectivity index is 1.88. The van der Waals surface area contributed by atoms with Crippen molar-refractivity contribution in [1.29, 1.82) is 0 Å². The molecule has 0 atom stereocenters. The van der Waals surface area contributed by atoms with E-state index in [1.54, 1.807) is 19.9 Å². The van der Waals surface area contributed by atoms with Gasteiger partial charge in [-0.1, -0.05) is 0 Å². The minimum absolute atomic E-state index is 0.0497. The summed E-state index contributed by atoms with van der Waals surface area (Å²) in [5, 5.41) is 13.9. The lowest BCUT2D eigenvalue weighted by atomic mass is 10.1. The van der Waals surface area contributed by atoms with Gasteiger partial charge < -0.3 is 19.8 Å². The number of nitrogens with zero attached hydrogens (tertiary/aromatic N) is 1. The number of nitrogens with one attached hydrogen (secondary N) is 2. The smallest absolute Gasteiger partial charge is 0.286 e. The first-order valence-corrected chi connectivity index (χ1v) is 7.92. The zero-order chi connectivity index (χ0) is 18.8. The van der Waals surface area contributed by atoms with Crippen LogP contribution in [-0.2, 0) is 6.54 Å². The second kappa shape index (κ2) is 6.87. The molecule has 136 valence electrons. The van der Waals surface area contributed by atoms with Crippen LogP contribution >= 0.6 is 0 Å². The molecule has 1 aromatic heterocycles. The Kier molecular flexibility index (Phi) is 4.61. The van der Waals surface area contributed by atoms with Gasteiger partial charge in [-0.3, -0.25) is 19.7 Å². The normalized spacial score (nSPS) is 12.5. The third-order valence-electron chi connectivity index (χ3n) is 4.02. The summed E-state index contributed by atoms with van der Waals surface area (Å²) >= 11 is 0. The minimum Gasteiger partial charge on any atom is -0.486 e. The zero-order valence-corrected chi connectivity index (χ0v) is 14.3. The van der Waals surface area contributed by atoms with E-state index in [1.165, 1.54) is 12.1 Å². The van der Waals surface area contributed by atoms with Crippen molar-refractivity contribution >= 4 is 11.6 Å². The van der Waals surface area contributed by atoms with Crippen molar-refractivity contribution in [3.8, 4) is 11.5 Å². The van der Waals surface area contributed by atoms with Gasteiger partial charge in [-0.25, -0.2) is 0 Å². The molecule has 3 rings (SSSR count). The highest BCUT2D eigenvalue weighted by Gasteiger charge is 2.26. The molecule has 0 radical (unpaired) electrons. The second-order valence-corrected chi connectivity index (χ2v) is 5.90. The van der Waals surface area contributed by atoms with Crippen molar-refractivity contribution in [3.63, 3.8) is 0 Å². The maximum absolute atomic E-state index is 12.5. The van der Waals surface area contributed by atoms with Gasteiger partial charge in [0, 0.05) is 23.9 Å². The van der Waals surface area contributed by atoms with Crippen molar-refractivity contribution in [1.82, 2.24) is 10.3 Å². The molecule has 9 nitrogen and oxygen atoms in total. The molecule has 2 aromatic rings. The topological polar surface area (TPSA) is 124 Å². The van der Waals surface area contributed by atoms with Crippen LogP contribution in [0.5, 0.6) is 11.5 Å². The van der Waals surface area contributed by atoms with Gasteiger partial charge in [0.25, 0.3) is 17.2 Å². The van der Waals surface area contributed by atoms with Gasteiger partial charge in [0.1, 0.15) is 18.8 Å². The molecular weight excluding hydrogens is 342 g/mol. The highest BCUT2D eigenvalue weighted by atomic mass is 16.6. The zero-order valence-electron chi connectivity index (χ0n) is 14.3. The Labute approximate surface area is 148 Å². The van der Waals surface area contributed by atoms with Gasteiger partial charge in [0.15, 0.2) is 11.5 Å². The molecule has 1 amide bonds. The number of pyridine rings is 1. The van der Waals surface area contributed by atoms with Crippen LogP contribution in [0.25, 0.3) is 0 Å². The summed E-state index contributed by atoms with van der Waals surface area (Å²) in [7, 11) is 0. The van der Waals surface area contributed by atoms with Crippen molar-refractivity contribution in [3.05, 3.63) is 61.1 Å². The Morgan fingerprint density at radius 1 is 1.23 bits per heavy atom. The predicted octanol–water partition coefficient (Wildman–Crippen LogP) is 1.60. The molecule has 0 saturated heterocycles. The monoisotopic (exact) mass is 359 g/mol. The number of carbonyl (C=O) groups is 1. The average Bonchev–Trinajstić information content (AvgIpc) is 2.59. The molecule has 1 aliphatic heterocycles. The number of carbonyl (C=O) groups excluding carboxylic acids is 1. The number of rotatable bonds is 4. The van der Waals surface area contributed by atoms with Crippen molar-refractivity contribution in [2.75, 3.05) is 13.2 Å². The van der Waals surface area contributed by atoms with E-state index in [2.05, 4.69) is 10.3 Å². The largest absolute Gasteiger partial charge is 0.486 e. The average molecular weight is 359 g/mol. The summed E-state index contributed by atoms with van der Waals surface area (Å²) in [4.78, 5) is 37.8. The van der Waals surface area contributed by atoms with Crippen LogP contribution in [0.1, 0.15) is 27.2 Å². The molecular formula is C17H17N3O6.